The van der Waals surface area contributed by atoms with Crippen molar-refractivity contribution in [3.05, 3.63) is 108 Å². The molecule has 4 rings (SSSR count). The predicted molar refractivity (Wildman–Crippen MR) is 129 cm³/mol. The van der Waals surface area contributed by atoms with E-state index in [-0.39, 0.29) is 11.8 Å². The van der Waals surface area contributed by atoms with Gasteiger partial charge in [0, 0.05) is 24.8 Å². The lowest BCUT2D eigenvalue weighted by Gasteiger charge is -2.07. The molecule has 0 atom stereocenters. The first kappa shape index (κ1) is 22.0. The standard InChI is InChI=1S/C27H26N4O2/c1-20-12-14-23(15-13-20)31-19-24(26(30-31)22-10-6-3-7-11-22)27(33)29-17-16-28-25(32)18-21-8-4-2-5-9-21/h2-15,19H,16-18H2,1H3,(H,28,32)(H,29,33). The molecule has 4 aromatic rings. The molecule has 3 aromatic carbocycles. The van der Waals surface area contributed by atoms with Gasteiger partial charge in [0.1, 0.15) is 5.69 Å². The fourth-order valence-electron chi connectivity index (χ4n) is 3.50. The average molecular weight is 439 g/mol. The summed E-state index contributed by atoms with van der Waals surface area (Å²) in [5, 5.41) is 10.4. The second kappa shape index (κ2) is 10.4. The summed E-state index contributed by atoms with van der Waals surface area (Å²) in [6.07, 6.45) is 2.06. The van der Waals surface area contributed by atoms with E-state index in [0.717, 1.165) is 22.4 Å². The van der Waals surface area contributed by atoms with Crippen LogP contribution in [0.5, 0.6) is 0 Å². The van der Waals surface area contributed by atoms with Crippen LogP contribution in [0.15, 0.2) is 91.1 Å². The van der Waals surface area contributed by atoms with Gasteiger partial charge in [-0.25, -0.2) is 4.68 Å². The van der Waals surface area contributed by atoms with E-state index in [2.05, 4.69) is 10.6 Å². The van der Waals surface area contributed by atoms with E-state index in [1.807, 2.05) is 91.9 Å². The molecule has 0 fully saturated rings. The second-order valence-electron chi connectivity index (χ2n) is 7.81. The number of aromatic nitrogens is 2. The molecule has 0 radical (unpaired) electrons. The largest absolute Gasteiger partial charge is 0.354 e. The van der Waals surface area contributed by atoms with Gasteiger partial charge in [-0.1, -0.05) is 78.4 Å². The summed E-state index contributed by atoms with van der Waals surface area (Å²) < 4.78 is 1.72. The van der Waals surface area contributed by atoms with Crippen LogP contribution in [0.2, 0.25) is 0 Å². The molecule has 0 spiro atoms. The van der Waals surface area contributed by atoms with E-state index in [1.54, 1.807) is 10.9 Å². The van der Waals surface area contributed by atoms with E-state index in [0.29, 0.717) is 30.8 Å². The van der Waals surface area contributed by atoms with Crippen molar-refractivity contribution < 1.29 is 9.59 Å². The minimum atomic E-state index is -0.232. The topological polar surface area (TPSA) is 76.0 Å². The molecule has 33 heavy (non-hydrogen) atoms. The van der Waals surface area contributed by atoms with Crippen LogP contribution < -0.4 is 10.6 Å². The number of benzene rings is 3. The van der Waals surface area contributed by atoms with E-state index in [4.69, 9.17) is 5.10 Å². The molecular formula is C27H26N4O2. The third-order valence-electron chi connectivity index (χ3n) is 5.24. The maximum absolute atomic E-state index is 13.0. The first-order chi connectivity index (χ1) is 16.1. The molecule has 0 bridgehead atoms. The van der Waals surface area contributed by atoms with Gasteiger partial charge in [-0.15, -0.1) is 0 Å². The molecule has 6 heteroatoms. The molecule has 1 aromatic heterocycles. The fourth-order valence-corrected chi connectivity index (χ4v) is 3.50. The molecule has 0 aliphatic carbocycles. The van der Waals surface area contributed by atoms with Crippen molar-refractivity contribution in [3.63, 3.8) is 0 Å². The number of nitrogens with one attached hydrogen (secondary N) is 2. The van der Waals surface area contributed by atoms with Crippen LogP contribution in [0.4, 0.5) is 0 Å². The minimum absolute atomic E-state index is 0.0763. The Labute approximate surface area is 193 Å². The maximum atomic E-state index is 13.0. The Kier molecular flexibility index (Phi) is 6.95. The number of carbonyl (C=O) groups is 2. The summed E-state index contributed by atoms with van der Waals surface area (Å²) in [7, 11) is 0. The highest BCUT2D eigenvalue weighted by Crippen LogP contribution is 2.23. The number of nitrogens with zero attached hydrogens (tertiary/aromatic N) is 2. The number of rotatable bonds is 8. The van der Waals surface area contributed by atoms with Crippen molar-refractivity contribution in [2.75, 3.05) is 13.1 Å². The number of carbonyl (C=O) groups excluding carboxylic acids is 2. The number of hydrogen-bond acceptors (Lipinski definition) is 3. The predicted octanol–water partition coefficient (Wildman–Crippen LogP) is 3.94. The van der Waals surface area contributed by atoms with Crippen molar-refractivity contribution in [1.82, 2.24) is 20.4 Å². The summed E-state index contributed by atoms with van der Waals surface area (Å²) in [6.45, 7) is 2.70. The normalized spacial score (nSPS) is 10.6. The lowest BCUT2D eigenvalue weighted by Crippen LogP contribution is -2.35. The zero-order valence-corrected chi connectivity index (χ0v) is 18.5. The quantitative estimate of drug-likeness (QED) is 0.409. The van der Waals surface area contributed by atoms with Crippen LogP contribution in [-0.2, 0) is 11.2 Å². The van der Waals surface area contributed by atoms with Crippen LogP contribution in [0.3, 0.4) is 0 Å². The zero-order valence-electron chi connectivity index (χ0n) is 18.5. The molecule has 0 saturated heterocycles. The van der Waals surface area contributed by atoms with Crippen molar-refractivity contribution in [3.8, 4) is 16.9 Å². The van der Waals surface area contributed by atoms with Gasteiger partial charge in [0.25, 0.3) is 5.91 Å². The smallest absolute Gasteiger partial charge is 0.255 e. The SMILES string of the molecule is Cc1ccc(-n2cc(C(=O)NCCNC(=O)Cc3ccccc3)c(-c3ccccc3)n2)cc1. The molecular weight excluding hydrogens is 412 g/mol. The van der Waals surface area contributed by atoms with Gasteiger partial charge in [-0.2, -0.15) is 5.10 Å². The zero-order chi connectivity index (χ0) is 23.0. The van der Waals surface area contributed by atoms with E-state index in [9.17, 15) is 9.59 Å². The first-order valence-corrected chi connectivity index (χ1v) is 10.9. The molecule has 0 unspecified atom stereocenters. The van der Waals surface area contributed by atoms with Gasteiger partial charge in [0.05, 0.1) is 17.7 Å². The monoisotopic (exact) mass is 438 g/mol. The van der Waals surface area contributed by atoms with Gasteiger partial charge in [-0.3, -0.25) is 9.59 Å². The molecule has 0 saturated carbocycles. The third-order valence-corrected chi connectivity index (χ3v) is 5.24. The second-order valence-corrected chi connectivity index (χ2v) is 7.81. The molecule has 6 nitrogen and oxygen atoms in total. The lowest BCUT2D eigenvalue weighted by molar-refractivity contribution is -0.120. The molecule has 1 heterocycles. The Hall–Kier alpha value is -4.19. The average Bonchev–Trinajstić information content (AvgIpc) is 3.29. The Morgan fingerprint density at radius 2 is 1.45 bits per heavy atom. The highest BCUT2D eigenvalue weighted by atomic mass is 16.2. The summed E-state index contributed by atoms with van der Waals surface area (Å²) in [5.41, 5.74) is 4.95. The van der Waals surface area contributed by atoms with Crippen LogP contribution in [0.1, 0.15) is 21.5 Å². The fraction of sp³-hybridized carbons (Fsp3) is 0.148. The number of aryl methyl sites for hydroxylation is 1. The maximum Gasteiger partial charge on any atom is 0.255 e. The Morgan fingerprint density at radius 3 is 2.15 bits per heavy atom. The van der Waals surface area contributed by atoms with Crippen molar-refractivity contribution in [1.29, 1.82) is 0 Å². The van der Waals surface area contributed by atoms with Crippen LogP contribution >= 0.6 is 0 Å². The molecule has 2 amide bonds. The number of amides is 2. The molecule has 166 valence electrons. The Balaban J connectivity index is 1.42. The Morgan fingerprint density at radius 1 is 0.818 bits per heavy atom. The van der Waals surface area contributed by atoms with Crippen LogP contribution in [0, 0.1) is 6.92 Å². The summed E-state index contributed by atoms with van der Waals surface area (Å²) >= 11 is 0. The molecule has 2 N–H and O–H groups in total. The molecule has 0 aliphatic rings. The Bertz CT molecular complexity index is 1220. The van der Waals surface area contributed by atoms with Gasteiger partial charge in [-0.05, 0) is 24.6 Å². The highest BCUT2D eigenvalue weighted by molar-refractivity contribution is 6.00. The van der Waals surface area contributed by atoms with Crippen LogP contribution in [-0.4, -0.2) is 34.7 Å². The van der Waals surface area contributed by atoms with Gasteiger partial charge in [0.15, 0.2) is 0 Å². The minimum Gasteiger partial charge on any atom is -0.354 e. The van der Waals surface area contributed by atoms with Gasteiger partial charge < -0.3 is 10.6 Å². The van der Waals surface area contributed by atoms with E-state index in [1.165, 1.54) is 0 Å². The summed E-state index contributed by atoms with van der Waals surface area (Å²) in [5.74, 6) is -0.308. The van der Waals surface area contributed by atoms with Crippen LogP contribution in [0.25, 0.3) is 16.9 Å². The van der Waals surface area contributed by atoms with E-state index >= 15 is 0 Å². The van der Waals surface area contributed by atoms with Crippen molar-refractivity contribution in [2.24, 2.45) is 0 Å². The summed E-state index contributed by atoms with van der Waals surface area (Å²) in [6, 6.07) is 27.2. The van der Waals surface area contributed by atoms with Crippen molar-refractivity contribution >= 4 is 11.8 Å². The number of hydrogen-bond donors (Lipinski definition) is 2. The third kappa shape index (κ3) is 5.74. The first-order valence-electron chi connectivity index (χ1n) is 10.9. The lowest BCUT2D eigenvalue weighted by atomic mass is 10.1. The van der Waals surface area contributed by atoms with Gasteiger partial charge >= 0.3 is 0 Å². The van der Waals surface area contributed by atoms with E-state index < -0.39 is 0 Å². The van der Waals surface area contributed by atoms with Gasteiger partial charge in [0.2, 0.25) is 5.91 Å². The highest BCUT2D eigenvalue weighted by Gasteiger charge is 2.18. The molecule has 0 aliphatic heterocycles. The van der Waals surface area contributed by atoms with Crippen molar-refractivity contribution in [2.45, 2.75) is 13.3 Å². The summed E-state index contributed by atoms with van der Waals surface area (Å²) in [4.78, 5) is 25.1.